The maximum atomic E-state index is 6.21. The van der Waals surface area contributed by atoms with Gasteiger partial charge in [-0.15, -0.1) is 0 Å². The molecule has 0 bridgehead atoms. The molecular weight excluding hydrogens is 352 g/mol. The van der Waals surface area contributed by atoms with Gasteiger partial charge in [0.25, 0.3) is 0 Å². The van der Waals surface area contributed by atoms with Gasteiger partial charge in [0.15, 0.2) is 0 Å². The van der Waals surface area contributed by atoms with Crippen LogP contribution in [-0.2, 0) is 25.7 Å². The molecule has 0 spiro atoms. The molecule has 26 heavy (non-hydrogen) atoms. The quantitative estimate of drug-likeness (QED) is 0.421. The minimum absolute atomic E-state index is 0.514. The second-order valence-corrected chi connectivity index (χ2v) is 9.41. The van der Waals surface area contributed by atoms with Crippen molar-refractivity contribution in [1.29, 1.82) is 0 Å². The molecule has 142 valence electrons. The number of hydrogen-bond acceptors (Lipinski definition) is 2. The van der Waals surface area contributed by atoms with E-state index < -0.39 is 19.5 Å². The van der Waals surface area contributed by atoms with Crippen LogP contribution in [0.2, 0.25) is 12.1 Å². The SMILES string of the molecule is CCc1cccc(O[SiH2]CC[SiH2]Oc2cccc(CC)c2CC)c1CC. The Hall–Kier alpha value is -1.53. The molecule has 0 aliphatic rings. The highest BCUT2D eigenvalue weighted by Crippen LogP contribution is 2.25. The summed E-state index contributed by atoms with van der Waals surface area (Å²) in [5.41, 5.74) is 5.67. The molecule has 2 aromatic carbocycles. The Morgan fingerprint density at radius 2 is 1.04 bits per heavy atom. The van der Waals surface area contributed by atoms with E-state index >= 15 is 0 Å². The first-order chi connectivity index (χ1) is 12.7. The predicted octanol–water partition coefficient (Wildman–Crippen LogP) is 4.40. The van der Waals surface area contributed by atoms with Crippen molar-refractivity contribution in [2.75, 3.05) is 0 Å². The number of aryl methyl sites for hydroxylation is 2. The molecule has 2 rings (SSSR count). The first-order valence-electron chi connectivity index (χ1n) is 10.2. The molecular formula is C22H34O2Si2. The van der Waals surface area contributed by atoms with Crippen LogP contribution in [-0.4, -0.2) is 19.5 Å². The number of rotatable bonds is 11. The third kappa shape index (κ3) is 5.48. The molecule has 0 aliphatic carbocycles. The van der Waals surface area contributed by atoms with Crippen molar-refractivity contribution in [3.05, 3.63) is 58.7 Å². The lowest BCUT2D eigenvalue weighted by Gasteiger charge is -2.15. The van der Waals surface area contributed by atoms with Crippen LogP contribution in [0.4, 0.5) is 0 Å². The number of benzene rings is 2. The van der Waals surface area contributed by atoms with E-state index in [2.05, 4.69) is 64.1 Å². The van der Waals surface area contributed by atoms with Gasteiger partial charge in [0.1, 0.15) is 11.5 Å². The highest BCUT2D eigenvalue weighted by atomic mass is 28.2. The zero-order chi connectivity index (χ0) is 18.8. The largest absolute Gasteiger partial charge is 0.549 e. The molecule has 2 aromatic rings. The first kappa shape index (κ1) is 20.8. The van der Waals surface area contributed by atoms with E-state index in [1.165, 1.54) is 34.3 Å². The summed E-state index contributed by atoms with van der Waals surface area (Å²) in [7, 11) is -1.03. The third-order valence-electron chi connectivity index (χ3n) is 4.98. The monoisotopic (exact) mass is 386 g/mol. The Balaban J connectivity index is 1.79. The van der Waals surface area contributed by atoms with Gasteiger partial charge in [-0.1, -0.05) is 52.0 Å². The Morgan fingerprint density at radius 1 is 0.615 bits per heavy atom. The zero-order valence-corrected chi connectivity index (χ0v) is 19.8. The van der Waals surface area contributed by atoms with Crippen molar-refractivity contribution in [2.24, 2.45) is 0 Å². The Kier molecular flexibility index (Phi) is 8.99. The minimum Gasteiger partial charge on any atom is -0.549 e. The van der Waals surface area contributed by atoms with Crippen LogP contribution in [0.15, 0.2) is 36.4 Å². The van der Waals surface area contributed by atoms with Crippen LogP contribution in [0.1, 0.15) is 49.9 Å². The van der Waals surface area contributed by atoms with Crippen LogP contribution in [0.25, 0.3) is 0 Å². The van der Waals surface area contributed by atoms with E-state index in [9.17, 15) is 0 Å². The van der Waals surface area contributed by atoms with Crippen molar-refractivity contribution >= 4 is 19.5 Å². The van der Waals surface area contributed by atoms with Crippen molar-refractivity contribution in [1.82, 2.24) is 0 Å². The van der Waals surface area contributed by atoms with E-state index in [-0.39, 0.29) is 0 Å². The molecule has 0 heterocycles. The molecule has 0 unspecified atom stereocenters. The smallest absolute Gasteiger partial charge is 0.219 e. The van der Waals surface area contributed by atoms with Crippen LogP contribution < -0.4 is 8.85 Å². The summed E-state index contributed by atoms with van der Waals surface area (Å²) in [6.07, 6.45) is 4.27. The molecule has 0 aliphatic heterocycles. The lowest BCUT2D eigenvalue weighted by Crippen LogP contribution is -2.09. The van der Waals surface area contributed by atoms with Crippen molar-refractivity contribution < 1.29 is 8.85 Å². The summed E-state index contributed by atoms with van der Waals surface area (Å²) in [5.74, 6) is 2.26. The van der Waals surface area contributed by atoms with Gasteiger partial charge in [0.05, 0.1) is 0 Å². The van der Waals surface area contributed by atoms with Crippen LogP contribution in [0.3, 0.4) is 0 Å². The van der Waals surface area contributed by atoms with E-state index in [0.29, 0.717) is 0 Å². The van der Waals surface area contributed by atoms with Crippen LogP contribution >= 0.6 is 0 Å². The van der Waals surface area contributed by atoms with E-state index in [1.54, 1.807) is 0 Å². The molecule has 0 fully saturated rings. The van der Waals surface area contributed by atoms with Gasteiger partial charge in [-0.3, -0.25) is 0 Å². The Labute approximate surface area is 164 Å². The molecule has 0 N–H and O–H groups in total. The summed E-state index contributed by atoms with van der Waals surface area (Å²) in [4.78, 5) is 0. The fraction of sp³-hybridized carbons (Fsp3) is 0.455. The second-order valence-electron chi connectivity index (χ2n) is 6.61. The third-order valence-corrected chi connectivity index (χ3v) is 8.59. The zero-order valence-electron chi connectivity index (χ0n) is 16.9. The van der Waals surface area contributed by atoms with Crippen molar-refractivity contribution in [2.45, 2.75) is 65.5 Å². The van der Waals surface area contributed by atoms with Crippen LogP contribution in [0, 0.1) is 0 Å². The van der Waals surface area contributed by atoms with E-state index in [1.807, 2.05) is 0 Å². The van der Waals surface area contributed by atoms with Gasteiger partial charge in [-0.25, -0.2) is 0 Å². The lowest BCUT2D eigenvalue weighted by molar-refractivity contribution is 0.572. The lowest BCUT2D eigenvalue weighted by atomic mass is 10.0. The first-order valence-corrected chi connectivity index (χ1v) is 13.4. The highest BCUT2D eigenvalue weighted by molar-refractivity contribution is 6.35. The molecule has 0 atom stereocenters. The summed E-state index contributed by atoms with van der Waals surface area (Å²) in [6.45, 7) is 8.88. The standard InChI is InChI=1S/C22H34O2Si2/c1-5-17-11-9-13-21(19(17)7-3)23-25-15-16-26-24-22-14-10-12-18(6-2)20(22)8-4/h9-14H,5-8,15-16,25-26H2,1-4H3. The van der Waals surface area contributed by atoms with Gasteiger partial charge < -0.3 is 8.85 Å². The fourth-order valence-electron chi connectivity index (χ4n) is 3.53. The topological polar surface area (TPSA) is 18.5 Å². The molecule has 0 radical (unpaired) electrons. The Bertz CT molecular complexity index is 626. The minimum atomic E-state index is -0.514. The predicted molar refractivity (Wildman–Crippen MR) is 118 cm³/mol. The van der Waals surface area contributed by atoms with Gasteiger partial charge in [0, 0.05) is 0 Å². The summed E-state index contributed by atoms with van der Waals surface area (Å²) >= 11 is 0. The summed E-state index contributed by atoms with van der Waals surface area (Å²) in [5, 5.41) is 0. The van der Waals surface area contributed by atoms with Gasteiger partial charge in [0.2, 0.25) is 19.5 Å². The van der Waals surface area contributed by atoms with Gasteiger partial charge in [-0.2, -0.15) is 0 Å². The second kappa shape index (κ2) is 11.2. The highest BCUT2D eigenvalue weighted by Gasteiger charge is 2.08. The number of hydrogen-bond donors (Lipinski definition) is 0. The van der Waals surface area contributed by atoms with E-state index in [0.717, 1.165) is 37.2 Å². The molecule has 2 nitrogen and oxygen atoms in total. The van der Waals surface area contributed by atoms with Crippen LogP contribution in [0.5, 0.6) is 11.5 Å². The average Bonchev–Trinajstić information content (AvgIpc) is 2.69. The van der Waals surface area contributed by atoms with Crippen molar-refractivity contribution in [3.63, 3.8) is 0 Å². The normalized spacial score (nSPS) is 11.7. The average molecular weight is 387 g/mol. The summed E-state index contributed by atoms with van der Waals surface area (Å²) in [6, 6.07) is 15.4. The molecule has 0 saturated carbocycles. The van der Waals surface area contributed by atoms with Gasteiger partial charge >= 0.3 is 0 Å². The van der Waals surface area contributed by atoms with Crippen molar-refractivity contribution in [3.8, 4) is 11.5 Å². The fourth-order valence-corrected chi connectivity index (χ4v) is 6.43. The molecule has 0 amide bonds. The Morgan fingerprint density at radius 3 is 1.38 bits per heavy atom. The molecule has 0 aromatic heterocycles. The maximum absolute atomic E-state index is 6.21. The van der Waals surface area contributed by atoms with E-state index in [4.69, 9.17) is 8.85 Å². The molecule has 0 saturated heterocycles. The molecule has 4 heteroatoms. The maximum Gasteiger partial charge on any atom is 0.219 e. The summed E-state index contributed by atoms with van der Waals surface area (Å²) < 4.78 is 12.4. The van der Waals surface area contributed by atoms with Gasteiger partial charge in [-0.05, 0) is 72.2 Å².